The molecule has 1 aromatic carbocycles. The van der Waals surface area contributed by atoms with E-state index in [0.29, 0.717) is 5.75 Å². The number of hydrogen-bond acceptors (Lipinski definition) is 2. The standard InChI is InChI=1S/C9H10INO/c10-11-5-4-8-7(6-11)2-1-3-9(8)12/h1-3,12H,4-6H2. The molecule has 0 aliphatic carbocycles. The van der Waals surface area contributed by atoms with Crippen molar-refractivity contribution >= 4 is 22.9 Å². The van der Waals surface area contributed by atoms with Gasteiger partial charge in [0.05, 0.1) is 0 Å². The second-order valence-electron chi connectivity index (χ2n) is 3.01. The molecule has 1 aromatic rings. The van der Waals surface area contributed by atoms with Crippen molar-refractivity contribution in [2.24, 2.45) is 0 Å². The first-order chi connectivity index (χ1) is 5.77. The van der Waals surface area contributed by atoms with Crippen LogP contribution in [0.4, 0.5) is 0 Å². The summed E-state index contributed by atoms with van der Waals surface area (Å²) in [6.45, 7) is 1.98. The summed E-state index contributed by atoms with van der Waals surface area (Å²) in [5, 5.41) is 9.52. The minimum Gasteiger partial charge on any atom is -0.508 e. The number of phenolic OH excluding ortho intramolecular Hbond substituents is 1. The lowest BCUT2D eigenvalue weighted by Gasteiger charge is -2.23. The van der Waals surface area contributed by atoms with Crippen molar-refractivity contribution in [2.75, 3.05) is 6.54 Å². The molecule has 0 radical (unpaired) electrons. The zero-order valence-electron chi connectivity index (χ0n) is 6.63. The maximum absolute atomic E-state index is 9.52. The monoisotopic (exact) mass is 275 g/mol. The summed E-state index contributed by atoms with van der Waals surface area (Å²) < 4.78 is 2.24. The van der Waals surface area contributed by atoms with Crippen LogP contribution in [0, 0.1) is 0 Å². The van der Waals surface area contributed by atoms with Crippen molar-refractivity contribution in [1.82, 2.24) is 3.11 Å². The van der Waals surface area contributed by atoms with Gasteiger partial charge < -0.3 is 5.11 Å². The third-order valence-corrected chi connectivity index (χ3v) is 3.02. The SMILES string of the molecule is Oc1cccc2c1CCN(I)C2. The minimum atomic E-state index is 0.456. The molecular weight excluding hydrogens is 265 g/mol. The van der Waals surface area contributed by atoms with Crippen LogP contribution in [-0.2, 0) is 13.0 Å². The molecule has 0 amide bonds. The predicted octanol–water partition coefficient (Wildman–Crippen LogP) is 2.10. The molecule has 2 rings (SSSR count). The Morgan fingerprint density at radius 1 is 1.42 bits per heavy atom. The Bertz CT molecular complexity index is 301. The highest BCUT2D eigenvalue weighted by Crippen LogP contribution is 2.27. The lowest BCUT2D eigenvalue weighted by Crippen LogP contribution is -2.21. The molecule has 2 nitrogen and oxygen atoms in total. The van der Waals surface area contributed by atoms with Gasteiger partial charge in [0.25, 0.3) is 0 Å². The molecular formula is C9H10INO. The smallest absolute Gasteiger partial charge is 0.119 e. The molecule has 0 bridgehead atoms. The van der Waals surface area contributed by atoms with Crippen LogP contribution in [0.25, 0.3) is 0 Å². The molecule has 64 valence electrons. The molecule has 0 atom stereocenters. The van der Waals surface area contributed by atoms with Gasteiger partial charge in [0, 0.05) is 36.0 Å². The zero-order valence-corrected chi connectivity index (χ0v) is 8.78. The van der Waals surface area contributed by atoms with Crippen molar-refractivity contribution in [2.45, 2.75) is 13.0 Å². The number of halogens is 1. The van der Waals surface area contributed by atoms with Gasteiger partial charge in [-0.05, 0) is 23.6 Å². The summed E-state index contributed by atoms with van der Waals surface area (Å²) in [4.78, 5) is 0. The van der Waals surface area contributed by atoms with Gasteiger partial charge in [-0.1, -0.05) is 12.1 Å². The van der Waals surface area contributed by atoms with Gasteiger partial charge in [-0.2, -0.15) is 0 Å². The molecule has 3 heteroatoms. The van der Waals surface area contributed by atoms with E-state index in [0.717, 1.165) is 25.1 Å². The lowest BCUT2D eigenvalue weighted by molar-refractivity contribution is 0.437. The van der Waals surface area contributed by atoms with Crippen LogP contribution in [0.5, 0.6) is 5.75 Å². The molecule has 0 fully saturated rings. The molecule has 12 heavy (non-hydrogen) atoms. The number of benzene rings is 1. The van der Waals surface area contributed by atoms with E-state index in [-0.39, 0.29) is 0 Å². The number of phenols is 1. The average molecular weight is 275 g/mol. The number of aromatic hydroxyl groups is 1. The van der Waals surface area contributed by atoms with Gasteiger partial charge in [0.2, 0.25) is 0 Å². The molecule has 1 heterocycles. The van der Waals surface area contributed by atoms with Crippen LogP contribution in [-0.4, -0.2) is 14.8 Å². The fourth-order valence-electron chi connectivity index (χ4n) is 1.55. The third-order valence-electron chi connectivity index (χ3n) is 2.19. The van der Waals surface area contributed by atoms with Crippen molar-refractivity contribution in [1.29, 1.82) is 0 Å². The third kappa shape index (κ3) is 1.43. The van der Waals surface area contributed by atoms with Gasteiger partial charge in [-0.25, -0.2) is 3.11 Å². The number of rotatable bonds is 0. The largest absolute Gasteiger partial charge is 0.508 e. The highest BCUT2D eigenvalue weighted by molar-refractivity contribution is 14.1. The van der Waals surface area contributed by atoms with E-state index in [4.69, 9.17) is 0 Å². The Balaban J connectivity index is 2.42. The first kappa shape index (κ1) is 8.31. The van der Waals surface area contributed by atoms with E-state index in [1.165, 1.54) is 5.56 Å². The summed E-state index contributed by atoms with van der Waals surface area (Å²) >= 11 is 2.32. The molecule has 1 aliphatic heterocycles. The first-order valence-electron chi connectivity index (χ1n) is 3.98. The number of hydrogen-bond donors (Lipinski definition) is 1. The van der Waals surface area contributed by atoms with E-state index in [1.54, 1.807) is 6.07 Å². The highest BCUT2D eigenvalue weighted by Gasteiger charge is 2.15. The fraction of sp³-hybridized carbons (Fsp3) is 0.333. The second kappa shape index (κ2) is 3.22. The molecule has 0 saturated heterocycles. The van der Waals surface area contributed by atoms with Crippen molar-refractivity contribution < 1.29 is 5.11 Å². The topological polar surface area (TPSA) is 23.5 Å². The van der Waals surface area contributed by atoms with Crippen LogP contribution >= 0.6 is 22.9 Å². The molecule has 1 N–H and O–H groups in total. The van der Waals surface area contributed by atoms with Gasteiger partial charge in [0.15, 0.2) is 0 Å². The Labute approximate surface area is 85.7 Å². The normalized spacial score (nSPS) is 17.4. The quantitative estimate of drug-likeness (QED) is 0.579. The van der Waals surface area contributed by atoms with Gasteiger partial charge >= 0.3 is 0 Å². The number of nitrogens with zero attached hydrogens (tertiary/aromatic N) is 1. The van der Waals surface area contributed by atoms with Crippen LogP contribution in [0.15, 0.2) is 18.2 Å². The molecule has 0 unspecified atom stereocenters. The summed E-state index contributed by atoms with van der Waals surface area (Å²) in [5.74, 6) is 0.456. The Morgan fingerprint density at radius 2 is 2.25 bits per heavy atom. The van der Waals surface area contributed by atoms with Crippen LogP contribution in [0.1, 0.15) is 11.1 Å². The zero-order chi connectivity index (χ0) is 8.55. The van der Waals surface area contributed by atoms with E-state index in [2.05, 4.69) is 32.0 Å². The molecule has 0 aromatic heterocycles. The maximum atomic E-state index is 9.52. The van der Waals surface area contributed by atoms with E-state index < -0.39 is 0 Å². The molecule has 0 spiro atoms. The Morgan fingerprint density at radius 3 is 3.08 bits per heavy atom. The first-order valence-corrected chi connectivity index (χ1v) is 4.94. The average Bonchev–Trinajstić information content (AvgIpc) is 2.04. The predicted molar refractivity (Wildman–Crippen MR) is 56.2 cm³/mol. The fourth-order valence-corrected chi connectivity index (χ4v) is 2.16. The van der Waals surface area contributed by atoms with E-state index in [9.17, 15) is 5.11 Å². The highest BCUT2D eigenvalue weighted by atomic mass is 127. The van der Waals surface area contributed by atoms with Gasteiger partial charge in [-0.3, -0.25) is 0 Å². The van der Waals surface area contributed by atoms with Crippen LogP contribution < -0.4 is 0 Å². The van der Waals surface area contributed by atoms with Crippen LogP contribution in [0.2, 0.25) is 0 Å². The summed E-state index contributed by atoms with van der Waals surface area (Å²) in [6, 6.07) is 5.76. The van der Waals surface area contributed by atoms with E-state index in [1.807, 2.05) is 6.07 Å². The Hall–Kier alpha value is -0.290. The lowest BCUT2D eigenvalue weighted by atomic mass is 10.0. The van der Waals surface area contributed by atoms with Crippen molar-refractivity contribution in [3.63, 3.8) is 0 Å². The van der Waals surface area contributed by atoms with Gasteiger partial charge in [0.1, 0.15) is 5.75 Å². The number of fused-ring (bicyclic) bond motifs is 1. The summed E-state index contributed by atoms with van der Waals surface area (Å²) in [6.07, 6.45) is 0.963. The minimum absolute atomic E-state index is 0.456. The summed E-state index contributed by atoms with van der Waals surface area (Å²) in [5.41, 5.74) is 2.39. The van der Waals surface area contributed by atoms with E-state index >= 15 is 0 Å². The van der Waals surface area contributed by atoms with Crippen molar-refractivity contribution in [3.8, 4) is 5.75 Å². The summed E-state index contributed by atoms with van der Waals surface area (Å²) in [7, 11) is 0. The van der Waals surface area contributed by atoms with Gasteiger partial charge in [-0.15, -0.1) is 0 Å². The Kier molecular flexibility index (Phi) is 2.23. The maximum Gasteiger partial charge on any atom is 0.119 e. The van der Waals surface area contributed by atoms with Crippen LogP contribution in [0.3, 0.4) is 0 Å². The molecule has 1 aliphatic rings. The molecule has 0 saturated carbocycles. The van der Waals surface area contributed by atoms with Crippen molar-refractivity contribution in [3.05, 3.63) is 29.3 Å². The second-order valence-corrected chi connectivity index (χ2v) is 4.37.